The number of nitrogens with one attached hydrogen (secondary N) is 1. The normalized spacial score (nSPS) is 13.4. The minimum absolute atomic E-state index is 0.370. The molecule has 1 amide bonds. The molecule has 0 spiro atoms. The van der Waals surface area contributed by atoms with Crippen LogP contribution in [0.1, 0.15) is 19.4 Å². The van der Waals surface area contributed by atoms with Gasteiger partial charge in [0, 0.05) is 17.0 Å². The van der Waals surface area contributed by atoms with Crippen LogP contribution in [0.4, 0.5) is 5.69 Å². The van der Waals surface area contributed by atoms with Crippen molar-refractivity contribution in [3.63, 3.8) is 0 Å². The average molecular weight is 265 g/mol. The van der Waals surface area contributed by atoms with Crippen molar-refractivity contribution in [3.8, 4) is 11.8 Å². The number of nitrogens with zero attached hydrogens (tertiary/aromatic N) is 1. The van der Waals surface area contributed by atoms with Crippen molar-refractivity contribution in [2.45, 2.75) is 20.3 Å². The number of hydrogen-bond donors (Lipinski definition) is 1. The van der Waals surface area contributed by atoms with E-state index in [1.54, 1.807) is 19.9 Å². The first-order chi connectivity index (χ1) is 8.44. The Kier molecular flexibility index (Phi) is 3.18. The molecule has 0 fully saturated rings. The first-order valence-electron chi connectivity index (χ1n) is 5.62. The van der Waals surface area contributed by atoms with Gasteiger partial charge < -0.3 is 10.1 Å². The second kappa shape index (κ2) is 4.51. The van der Waals surface area contributed by atoms with Crippen molar-refractivity contribution in [1.82, 2.24) is 0 Å². The summed E-state index contributed by atoms with van der Waals surface area (Å²) in [6.07, 6.45) is 0.778. The summed E-state index contributed by atoms with van der Waals surface area (Å²) in [5.74, 6) is 0.284. The SMILES string of the molecule is CC(C)(C#N)C(=O)Nc1cc(Cl)cc2c1OCC2. The topological polar surface area (TPSA) is 62.1 Å². The van der Waals surface area contributed by atoms with Crippen LogP contribution in [0, 0.1) is 16.7 Å². The summed E-state index contributed by atoms with van der Waals surface area (Å²) >= 11 is 5.99. The van der Waals surface area contributed by atoms with Crippen LogP contribution in [-0.4, -0.2) is 12.5 Å². The molecule has 0 saturated heterocycles. The van der Waals surface area contributed by atoms with E-state index in [2.05, 4.69) is 5.32 Å². The van der Waals surface area contributed by atoms with E-state index in [1.807, 2.05) is 12.1 Å². The van der Waals surface area contributed by atoms with E-state index in [9.17, 15) is 4.79 Å². The Morgan fingerprint density at radius 2 is 2.28 bits per heavy atom. The monoisotopic (exact) mass is 264 g/mol. The van der Waals surface area contributed by atoms with E-state index >= 15 is 0 Å². The van der Waals surface area contributed by atoms with Gasteiger partial charge in [0.15, 0.2) is 0 Å². The van der Waals surface area contributed by atoms with Crippen molar-refractivity contribution in [2.24, 2.45) is 5.41 Å². The van der Waals surface area contributed by atoms with Gasteiger partial charge in [0.1, 0.15) is 11.2 Å². The van der Waals surface area contributed by atoms with Crippen LogP contribution >= 0.6 is 11.6 Å². The highest BCUT2D eigenvalue weighted by atomic mass is 35.5. The van der Waals surface area contributed by atoms with Crippen LogP contribution in [0.15, 0.2) is 12.1 Å². The molecule has 0 unspecified atom stereocenters. The number of carbonyl (C=O) groups excluding carboxylic acids is 1. The molecule has 94 valence electrons. The van der Waals surface area contributed by atoms with Crippen LogP contribution in [-0.2, 0) is 11.2 Å². The maximum atomic E-state index is 11.9. The Morgan fingerprint density at radius 3 is 2.94 bits per heavy atom. The van der Waals surface area contributed by atoms with Gasteiger partial charge in [-0.3, -0.25) is 4.79 Å². The summed E-state index contributed by atoms with van der Waals surface area (Å²) < 4.78 is 5.48. The molecule has 0 aromatic heterocycles. The molecular formula is C13H13ClN2O2. The van der Waals surface area contributed by atoms with Gasteiger partial charge in [-0.05, 0) is 26.0 Å². The third-order valence-corrected chi connectivity index (χ3v) is 3.06. The van der Waals surface area contributed by atoms with Gasteiger partial charge >= 0.3 is 0 Å². The number of hydrogen-bond acceptors (Lipinski definition) is 3. The first-order valence-corrected chi connectivity index (χ1v) is 6.00. The molecule has 0 aliphatic carbocycles. The van der Waals surface area contributed by atoms with E-state index < -0.39 is 5.41 Å². The highest BCUT2D eigenvalue weighted by Crippen LogP contribution is 2.37. The second-order valence-electron chi connectivity index (χ2n) is 4.73. The van der Waals surface area contributed by atoms with Crippen molar-refractivity contribution >= 4 is 23.2 Å². The van der Waals surface area contributed by atoms with E-state index in [0.717, 1.165) is 12.0 Å². The summed E-state index contributed by atoms with van der Waals surface area (Å²) in [6.45, 7) is 3.71. The molecular weight excluding hydrogens is 252 g/mol. The van der Waals surface area contributed by atoms with Gasteiger partial charge in [0.25, 0.3) is 0 Å². The Hall–Kier alpha value is -1.73. The molecule has 1 aromatic rings. The number of rotatable bonds is 2. The molecule has 1 heterocycles. The highest BCUT2D eigenvalue weighted by Gasteiger charge is 2.29. The van der Waals surface area contributed by atoms with E-state index in [0.29, 0.717) is 23.1 Å². The predicted octanol–water partition coefficient (Wildman–Crippen LogP) is 2.76. The third-order valence-electron chi connectivity index (χ3n) is 2.84. The fourth-order valence-electron chi connectivity index (χ4n) is 1.69. The lowest BCUT2D eigenvalue weighted by molar-refractivity contribution is -0.121. The molecule has 0 saturated carbocycles. The van der Waals surface area contributed by atoms with Crippen molar-refractivity contribution in [2.75, 3.05) is 11.9 Å². The molecule has 0 bridgehead atoms. The molecule has 1 aromatic carbocycles. The minimum atomic E-state index is -1.09. The quantitative estimate of drug-likeness (QED) is 0.893. The average Bonchev–Trinajstić information content (AvgIpc) is 2.76. The van der Waals surface area contributed by atoms with Gasteiger partial charge in [0.2, 0.25) is 5.91 Å². The molecule has 18 heavy (non-hydrogen) atoms. The van der Waals surface area contributed by atoms with E-state index in [-0.39, 0.29) is 5.91 Å². The Morgan fingerprint density at radius 1 is 1.56 bits per heavy atom. The molecule has 0 radical (unpaired) electrons. The van der Waals surface area contributed by atoms with Crippen molar-refractivity contribution in [1.29, 1.82) is 5.26 Å². The lowest BCUT2D eigenvalue weighted by atomic mass is 9.94. The van der Waals surface area contributed by atoms with Gasteiger partial charge in [0.05, 0.1) is 18.4 Å². The number of carbonyl (C=O) groups is 1. The van der Waals surface area contributed by atoms with Gasteiger partial charge in [-0.15, -0.1) is 0 Å². The lowest BCUT2D eigenvalue weighted by Gasteiger charge is -2.16. The minimum Gasteiger partial charge on any atom is -0.491 e. The van der Waals surface area contributed by atoms with Crippen LogP contribution in [0.25, 0.3) is 0 Å². The number of halogens is 1. The van der Waals surface area contributed by atoms with Crippen LogP contribution < -0.4 is 10.1 Å². The van der Waals surface area contributed by atoms with Gasteiger partial charge in [-0.2, -0.15) is 5.26 Å². The number of anilines is 1. The predicted molar refractivity (Wildman–Crippen MR) is 68.7 cm³/mol. The highest BCUT2D eigenvalue weighted by molar-refractivity contribution is 6.31. The number of nitriles is 1. The lowest BCUT2D eigenvalue weighted by Crippen LogP contribution is -2.29. The van der Waals surface area contributed by atoms with Crippen molar-refractivity contribution in [3.05, 3.63) is 22.7 Å². The molecule has 0 atom stereocenters. The standard InChI is InChI=1S/C13H13ClN2O2/c1-13(2,7-15)12(17)16-10-6-9(14)5-8-3-4-18-11(8)10/h5-6H,3-4H2,1-2H3,(H,16,17). The van der Waals surface area contributed by atoms with Gasteiger partial charge in [-0.1, -0.05) is 11.6 Å². The summed E-state index contributed by atoms with van der Waals surface area (Å²) in [4.78, 5) is 11.9. The summed E-state index contributed by atoms with van der Waals surface area (Å²) in [7, 11) is 0. The zero-order chi connectivity index (χ0) is 13.3. The fourth-order valence-corrected chi connectivity index (χ4v) is 1.93. The van der Waals surface area contributed by atoms with E-state index in [1.165, 1.54) is 0 Å². The smallest absolute Gasteiger partial charge is 0.244 e. The fraction of sp³-hybridized carbons (Fsp3) is 0.385. The van der Waals surface area contributed by atoms with Crippen molar-refractivity contribution < 1.29 is 9.53 Å². The largest absolute Gasteiger partial charge is 0.491 e. The maximum absolute atomic E-state index is 11.9. The van der Waals surface area contributed by atoms with E-state index in [4.69, 9.17) is 21.6 Å². The Labute approximate surface area is 111 Å². The first kappa shape index (κ1) is 12.7. The molecule has 2 rings (SSSR count). The zero-order valence-corrected chi connectivity index (χ0v) is 11.0. The van der Waals surface area contributed by atoms with Crippen LogP contribution in [0.5, 0.6) is 5.75 Å². The zero-order valence-electron chi connectivity index (χ0n) is 10.2. The molecule has 1 N–H and O–H groups in total. The summed E-state index contributed by atoms with van der Waals surface area (Å²) in [5, 5.41) is 12.2. The maximum Gasteiger partial charge on any atom is 0.244 e. The molecule has 1 aliphatic heterocycles. The third kappa shape index (κ3) is 2.27. The second-order valence-corrected chi connectivity index (χ2v) is 5.17. The molecule has 5 heteroatoms. The summed E-state index contributed by atoms with van der Waals surface area (Å²) in [5.41, 5.74) is 0.421. The molecule has 4 nitrogen and oxygen atoms in total. The number of benzene rings is 1. The Balaban J connectivity index is 2.31. The Bertz CT molecular complexity index is 547. The number of amides is 1. The number of fused-ring (bicyclic) bond motifs is 1. The van der Waals surface area contributed by atoms with Crippen LogP contribution in [0.2, 0.25) is 5.02 Å². The van der Waals surface area contributed by atoms with Gasteiger partial charge in [-0.25, -0.2) is 0 Å². The summed E-state index contributed by atoms with van der Waals surface area (Å²) in [6, 6.07) is 5.42. The molecule has 1 aliphatic rings. The van der Waals surface area contributed by atoms with Crippen LogP contribution in [0.3, 0.4) is 0 Å². The number of ether oxygens (including phenoxy) is 1.